The zero-order valence-corrected chi connectivity index (χ0v) is 18.5. The fourth-order valence-electron chi connectivity index (χ4n) is 3.52. The van der Waals surface area contributed by atoms with Crippen molar-refractivity contribution in [1.29, 1.82) is 0 Å². The quantitative estimate of drug-likeness (QED) is 0.620. The minimum atomic E-state index is -3.86. The molecule has 168 valence electrons. The van der Waals surface area contributed by atoms with E-state index < -0.39 is 15.9 Å². The van der Waals surface area contributed by atoms with E-state index in [1.807, 2.05) is 42.2 Å². The van der Waals surface area contributed by atoms with Gasteiger partial charge in [0.1, 0.15) is 0 Å². The van der Waals surface area contributed by atoms with Gasteiger partial charge in [-0.1, -0.05) is 37.3 Å². The second-order valence-electron chi connectivity index (χ2n) is 7.66. The second-order valence-corrected chi connectivity index (χ2v) is 9.52. The van der Waals surface area contributed by atoms with Crippen molar-refractivity contribution in [3.63, 3.8) is 0 Å². The zero-order chi connectivity index (χ0) is 22.6. The van der Waals surface area contributed by atoms with E-state index >= 15 is 0 Å². The maximum atomic E-state index is 12.7. The van der Waals surface area contributed by atoms with Crippen LogP contribution >= 0.6 is 0 Å². The molecular weight excluding hydrogens is 420 g/mol. The third-order valence-electron chi connectivity index (χ3n) is 5.57. The molecule has 1 aliphatic rings. The molecule has 1 saturated heterocycles. The molecule has 1 aliphatic heterocycles. The largest absolute Gasteiger partial charge is 0.438 e. The van der Waals surface area contributed by atoms with Crippen LogP contribution in [0.5, 0.6) is 0 Å². The molecule has 1 fully saturated rings. The van der Waals surface area contributed by atoms with E-state index in [2.05, 4.69) is 12.2 Å². The van der Waals surface area contributed by atoms with Crippen LogP contribution in [-0.2, 0) is 14.8 Å². The Bertz CT molecular complexity index is 1010. The Hall–Kier alpha value is -2.69. The Morgan fingerprint density at radius 3 is 2.29 bits per heavy atom. The minimum absolute atomic E-state index is 0.0868. The number of amides is 2. The van der Waals surface area contributed by atoms with Gasteiger partial charge < -0.3 is 15.5 Å². The molecule has 31 heavy (non-hydrogen) atoms. The molecule has 9 nitrogen and oxygen atoms in total. The number of nitrogens with one attached hydrogen (secondary N) is 1. The molecule has 3 N–H and O–H groups in total. The van der Waals surface area contributed by atoms with E-state index in [1.54, 1.807) is 0 Å². The van der Waals surface area contributed by atoms with Gasteiger partial charge >= 0.3 is 0 Å². The lowest BCUT2D eigenvalue weighted by atomic mass is 10.0. The summed E-state index contributed by atoms with van der Waals surface area (Å²) in [4.78, 5) is 25.7. The van der Waals surface area contributed by atoms with E-state index in [0.29, 0.717) is 19.6 Å². The summed E-state index contributed by atoms with van der Waals surface area (Å²) < 4.78 is 31.8. The highest BCUT2D eigenvalue weighted by Crippen LogP contribution is 2.21. The number of piperazine rings is 1. The molecule has 0 unspecified atom stereocenters. The molecule has 0 saturated carbocycles. The maximum absolute atomic E-state index is 12.7. The van der Waals surface area contributed by atoms with Crippen molar-refractivity contribution < 1.29 is 22.4 Å². The van der Waals surface area contributed by atoms with Gasteiger partial charge in [-0.25, -0.2) is 8.42 Å². The van der Waals surface area contributed by atoms with Gasteiger partial charge in [0, 0.05) is 32.7 Å². The molecule has 0 bridgehead atoms. The monoisotopic (exact) mass is 448 g/mol. The van der Waals surface area contributed by atoms with Gasteiger partial charge in [0.2, 0.25) is 11.0 Å². The number of hydrogen-bond donors (Lipinski definition) is 2. The highest BCUT2D eigenvalue weighted by Gasteiger charge is 2.33. The molecule has 2 heterocycles. The lowest BCUT2D eigenvalue weighted by molar-refractivity contribution is -0.126. The highest BCUT2D eigenvalue weighted by atomic mass is 32.2. The molecule has 2 aromatic rings. The van der Waals surface area contributed by atoms with Crippen molar-refractivity contribution in [2.24, 2.45) is 5.73 Å². The van der Waals surface area contributed by atoms with Crippen LogP contribution in [0, 0.1) is 0 Å². The predicted octanol–water partition coefficient (Wildman–Crippen LogP) is 0.993. The molecule has 0 spiro atoms. The minimum Gasteiger partial charge on any atom is -0.438 e. The predicted molar refractivity (Wildman–Crippen MR) is 115 cm³/mol. The molecule has 3 rings (SSSR count). The third-order valence-corrected chi connectivity index (χ3v) is 7.34. The van der Waals surface area contributed by atoms with Crippen LogP contribution in [-0.4, -0.2) is 68.2 Å². The lowest BCUT2D eigenvalue weighted by Gasteiger charge is -2.36. The Morgan fingerprint density at radius 1 is 1.06 bits per heavy atom. The number of furan rings is 1. The van der Waals surface area contributed by atoms with E-state index in [9.17, 15) is 18.0 Å². The Balaban J connectivity index is 1.52. The number of nitrogens with two attached hydrogens (primary N) is 1. The van der Waals surface area contributed by atoms with Crippen molar-refractivity contribution >= 4 is 21.8 Å². The molecule has 10 heteroatoms. The fourth-order valence-corrected chi connectivity index (χ4v) is 4.85. The number of sulfonamides is 1. The van der Waals surface area contributed by atoms with Gasteiger partial charge in [0.15, 0.2) is 5.76 Å². The third kappa shape index (κ3) is 5.33. The average molecular weight is 449 g/mol. The summed E-state index contributed by atoms with van der Waals surface area (Å²) in [6, 6.07) is 12.1. The summed E-state index contributed by atoms with van der Waals surface area (Å²) in [6.07, 6.45) is 0. The van der Waals surface area contributed by atoms with E-state index in [0.717, 1.165) is 5.56 Å². The van der Waals surface area contributed by atoms with Crippen molar-refractivity contribution in [1.82, 2.24) is 14.5 Å². The number of rotatable bonds is 8. The number of primary amides is 1. The number of nitrogens with zero attached hydrogens (tertiary/aromatic N) is 2. The smallest absolute Gasteiger partial charge is 0.284 e. The van der Waals surface area contributed by atoms with Gasteiger partial charge in [-0.15, -0.1) is 0 Å². The van der Waals surface area contributed by atoms with E-state index in [4.69, 9.17) is 10.2 Å². The first-order chi connectivity index (χ1) is 14.7. The number of benzene rings is 1. The molecule has 2 amide bonds. The molecule has 0 radical (unpaired) electrons. The van der Waals surface area contributed by atoms with Crippen LogP contribution in [0.2, 0.25) is 0 Å². The fraction of sp³-hybridized carbons (Fsp3) is 0.429. The maximum Gasteiger partial charge on any atom is 0.284 e. The Kier molecular flexibility index (Phi) is 7.14. The van der Waals surface area contributed by atoms with Crippen LogP contribution in [0.4, 0.5) is 0 Å². The van der Waals surface area contributed by atoms with Crippen molar-refractivity contribution in [3.05, 3.63) is 53.8 Å². The number of carbonyl (C=O) groups is 2. The van der Waals surface area contributed by atoms with Crippen molar-refractivity contribution in [3.8, 4) is 0 Å². The van der Waals surface area contributed by atoms with Crippen LogP contribution in [0.25, 0.3) is 0 Å². The standard InChI is InChI=1S/C21H28N4O5S/c1-15(17-6-4-3-5-7-17)14-23-21(27)16(2)24-10-12-25(13-11-24)31(28,29)19-9-8-18(30-19)20(22)26/h3-9,15-16H,10-14H2,1-2H3,(H2,22,26)(H,23,27)/t15-,16-/m0/s1. The van der Waals surface area contributed by atoms with Crippen LogP contribution in [0.3, 0.4) is 0 Å². The SMILES string of the molecule is C[C@@H](CNC(=O)[C@H](C)N1CCN(S(=O)(=O)c2ccc(C(N)=O)o2)CC1)c1ccccc1. The number of hydrogen-bond acceptors (Lipinski definition) is 6. The summed E-state index contributed by atoms with van der Waals surface area (Å²) in [7, 11) is -3.86. The Morgan fingerprint density at radius 2 is 1.71 bits per heavy atom. The Labute approximate surface area is 182 Å². The summed E-state index contributed by atoms with van der Waals surface area (Å²) in [5.74, 6) is -0.922. The van der Waals surface area contributed by atoms with Crippen LogP contribution in [0.15, 0.2) is 52.0 Å². The van der Waals surface area contributed by atoms with Crippen LogP contribution in [0.1, 0.15) is 35.9 Å². The van der Waals surface area contributed by atoms with Gasteiger partial charge in [0.05, 0.1) is 6.04 Å². The first-order valence-corrected chi connectivity index (χ1v) is 11.6. The summed E-state index contributed by atoms with van der Waals surface area (Å²) in [6.45, 7) is 5.65. The second kappa shape index (κ2) is 9.63. The summed E-state index contributed by atoms with van der Waals surface area (Å²) >= 11 is 0. The normalized spacial score (nSPS) is 17.7. The average Bonchev–Trinajstić information content (AvgIpc) is 3.29. The first kappa shape index (κ1) is 23.0. The zero-order valence-electron chi connectivity index (χ0n) is 17.7. The van der Waals surface area contributed by atoms with Crippen molar-refractivity contribution in [2.75, 3.05) is 32.7 Å². The topological polar surface area (TPSA) is 126 Å². The number of carbonyl (C=O) groups excluding carboxylic acids is 2. The summed E-state index contributed by atoms with van der Waals surface area (Å²) in [5, 5.41) is 2.68. The van der Waals surface area contributed by atoms with Gasteiger partial charge in [0.25, 0.3) is 15.9 Å². The molecule has 0 aliphatic carbocycles. The summed E-state index contributed by atoms with van der Waals surface area (Å²) in [5.41, 5.74) is 6.28. The lowest BCUT2D eigenvalue weighted by Crippen LogP contribution is -2.55. The van der Waals surface area contributed by atoms with Gasteiger partial charge in [-0.05, 0) is 30.5 Å². The highest BCUT2D eigenvalue weighted by molar-refractivity contribution is 7.89. The molecule has 1 aromatic heterocycles. The van der Waals surface area contributed by atoms with Crippen molar-refractivity contribution in [2.45, 2.75) is 30.9 Å². The molecular formula is C21H28N4O5S. The van der Waals surface area contributed by atoms with Crippen LogP contribution < -0.4 is 11.1 Å². The van der Waals surface area contributed by atoms with Gasteiger partial charge in [-0.3, -0.25) is 14.5 Å². The van der Waals surface area contributed by atoms with Gasteiger partial charge in [-0.2, -0.15) is 4.31 Å². The van der Waals surface area contributed by atoms with E-state index in [-0.39, 0.29) is 41.8 Å². The molecule has 1 aromatic carbocycles. The van der Waals surface area contributed by atoms with E-state index in [1.165, 1.54) is 16.4 Å². The first-order valence-electron chi connectivity index (χ1n) is 10.2. The molecule has 2 atom stereocenters.